The number of benzene rings is 4. The van der Waals surface area contributed by atoms with E-state index in [1.807, 2.05) is 86.6 Å². The highest BCUT2D eigenvalue weighted by Gasteiger charge is 2.46. The van der Waals surface area contributed by atoms with E-state index in [2.05, 4.69) is 0 Å². The molecule has 0 radical (unpaired) electrons. The van der Waals surface area contributed by atoms with Crippen LogP contribution >= 0.6 is 0 Å². The summed E-state index contributed by atoms with van der Waals surface area (Å²) in [4.78, 5) is 28.2. The number of hydrogen-bond donors (Lipinski definition) is 1. The summed E-state index contributed by atoms with van der Waals surface area (Å²) in [7, 11) is 0. The fourth-order valence-corrected chi connectivity index (χ4v) is 5.10. The first-order valence-electron chi connectivity index (χ1n) is 13.0. The van der Waals surface area contributed by atoms with Crippen molar-refractivity contribution in [2.75, 3.05) is 6.54 Å². The van der Waals surface area contributed by atoms with Crippen molar-refractivity contribution in [3.8, 4) is 5.75 Å². The summed E-state index contributed by atoms with van der Waals surface area (Å²) in [5.41, 5.74) is 3.32. The van der Waals surface area contributed by atoms with Crippen LogP contribution in [0.25, 0.3) is 16.5 Å². The Balaban J connectivity index is 1.56. The number of ether oxygens (including phenoxy) is 1. The van der Waals surface area contributed by atoms with Crippen molar-refractivity contribution in [1.29, 1.82) is 0 Å². The maximum absolute atomic E-state index is 13.4. The highest BCUT2D eigenvalue weighted by atomic mass is 16.5. The average molecular weight is 506 g/mol. The highest BCUT2D eigenvalue weighted by Crippen LogP contribution is 2.42. The van der Waals surface area contributed by atoms with Crippen LogP contribution in [0.15, 0.2) is 96.6 Å². The van der Waals surface area contributed by atoms with Gasteiger partial charge in [0, 0.05) is 12.1 Å². The summed E-state index contributed by atoms with van der Waals surface area (Å²) >= 11 is 0. The number of carbonyl (C=O) groups is 2. The van der Waals surface area contributed by atoms with Gasteiger partial charge >= 0.3 is 0 Å². The number of amides is 1. The Kier molecular flexibility index (Phi) is 7.27. The number of aliphatic hydroxyl groups excluding tert-OH is 1. The van der Waals surface area contributed by atoms with E-state index in [1.165, 1.54) is 0 Å². The molecule has 1 aliphatic heterocycles. The molecule has 0 aromatic heterocycles. The number of aryl methyl sites for hydroxylation is 1. The van der Waals surface area contributed by atoms with Crippen LogP contribution in [0.5, 0.6) is 5.75 Å². The van der Waals surface area contributed by atoms with Crippen LogP contribution in [0.3, 0.4) is 0 Å². The van der Waals surface area contributed by atoms with Gasteiger partial charge in [-0.3, -0.25) is 9.59 Å². The van der Waals surface area contributed by atoms with Crippen molar-refractivity contribution in [2.24, 2.45) is 0 Å². The van der Waals surface area contributed by atoms with Crippen LogP contribution in [0.4, 0.5) is 0 Å². The molecule has 192 valence electrons. The predicted molar refractivity (Wildman–Crippen MR) is 150 cm³/mol. The van der Waals surface area contributed by atoms with Crippen LogP contribution in [0.1, 0.15) is 48.1 Å². The summed E-state index contributed by atoms with van der Waals surface area (Å²) in [5, 5.41) is 13.5. The molecule has 4 aromatic rings. The zero-order chi connectivity index (χ0) is 26.6. The summed E-state index contributed by atoms with van der Waals surface area (Å²) in [6, 6.07) is 28.4. The molecular formula is C33H31NO4. The van der Waals surface area contributed by atoms with Crippen LogP contribution in [-0.2, 0) is 16.2 Å². The summed E-state index contributed by atoms with van der Waals surface area (Å²) in [6.45, 7) is 4.82. The van der Waals surface area contributed by atoms with Crippen LogP contribution in [-0.4, -0.2) is 28.2 Å². The molecule has 1 saturated heterocycles. The third-order valence-electron chi connectivity index (χ3n) is 7.10. The Bertz CT molecular complexity index is 1520. The Labute approximate surface area is 223 Å². The number of carbonyl (C=O) groups excluding carboxylic acids is 2. The molecule has 1 heterocycles. The Morgan fingerprint density at radius 2 is 1.66 bits per heavy atom. The minimum absolute atomic E-state index is 0.125. The van der Waals surface area contributed by atoms with Gasteiger partial charge in [0.2, 0.25) is 0 Å². The molecule has 0 saturated carbocycles. The minimum atomic E-state index is -0.665. The highest BCUT2D eigenvalue weighted by molar-refractivity contribution is 6.46. The largest absolute Gasteiger partial charge is 0.507 e. The molecule has 1 unspecified atom stereocenters. The van der Waals surface area contributed by atoms with Gasteiger partial charge < -0.3 is 14.7 Å². The first kappa shape index (κ1) is 25.3. The van der Waals surface area contributed by atoms with Gasteiger partial charge in [0.1, 0.15) is 18.1 Å². The molecule has 1 aliphatic rings. The topological polar surface area (TPSA) is 66.8 Å². The summed E-state index contributed by atoms with van der Waals surface area (Å²) in [5.74, 6) is -0.700. The zero-order valence-corrected chi connectivity index (χ0v) is 21.7. The van der Waals surface area contributed by atoms with Crippen molar-refractivity contribution in [2.45, 2.75) is 39.3 Å². The van der Waals surface area contributed by atoms with Crippen LogP contribution in [0.2, 0.25) is 0 Å². The maximum Gasteiger partial charge on any atom is 0.295 e. The number of aliphatic hydroxyl groups is 1. The molecule has 38 heavy (non-hydrogen) atoms. The SMILES string of the molecule is CCCCN1C(=O)C(=O)/C(=C(\O)c2ccc(OCc3ccccc3)c(C)c2)C1c1cccc2ccccc12. The van der Waals surface area contributed by atoms with Gasteiger partial charge in [-0.1, -0.05) is 86.1 Å². The van der Waals surface area contributed by atoms with E-state index in [0.717, 1.165) is 40.3 Å². The monoisotopic (exact) mass is 505 g/mol. The lowest BCUT2D eigenvalue weighted by atomic mass is 9.91. The standard InChI is InChI=1S/C33H31NO4/c1-3-4-19-34-30(27-16-10-14-24-13-8-9-15-26(24)27)29(32(36)33(34)37)31(35)25-17-18-28(22(2)20-25)38-21-23-11-6-5-7-12-23/h5-18,20,30,35H,3-4,19,21H2,1-2H3/b31-29-. The van der Waals surface area contributed by atoms with E-state index in [-0.39, 0.29) is 11.3 Å². The Morgan fingerprint density at radius 3 is 2.42 bits per heavy atom. The second-order valence-corrected chi connectivity index (χ2v) is 9.67. The molecule has 1 N–H and O–H groups in total. The number of fused-ring (bicyclic) bond motifs is 1. The first-order valence-corrected chi connectivity index (χ1v) is 13.0. The molecule has 4 aromatic carbocycles. The molecule has 1 fully saturated rings. The molecule has 1 atom stereocenters. The van der Waals surface area contributed by atoms with E-state index >= 15 is 0 Å². The molecule has 0 bridgehead atoms. The third kappa shape index (κ3) is 4.80. The molecule has 1 amide bonds. The Morgan fingerprint density at radius 1 is 0.921 bits per heavy atom. The number of likely N-dealkylation sites (tertiary alicyclic amines) is 1. The van der Waals surface area contributed by atoms with E-state index < -0.39 is 17.7 Å². The van der Waals surface area contributed by atoms with Crippen LogP contribution < -0.4 is 4.74 Å². The summed E-state index contributed by atoms with van der Waals surface area (Å²) in [6.07, 6.45) is 1.65. The second-order valence-electron chi connectivity index (χ2n) is 9.67. The van der Waals surface area contributed by atoms with E-state index in [0.29, 0.717) is 24.5 Å². The maximum atomic E-state index is 13.4. The fraction of sp³-hybridized carbons (Fsp3) is 0.212. The number of Topliss-reactive ketones (excluding diaryl/α,β-unsaturated/α-hetero) is 1. The molecule has 5 heteroatoms. The smallest absolute Gasteiger partial charge is 0.295 e. The third-order valence-corrected chi connectivity index (χ3v) is 7.10. The second kappa shape index (κ2) is 10.9. The lowest BCUT2D eigenvalue weighted by Crippen LogP contribution is -2.30. The van der Waals surface area contributed by atoms with Gasteiger partial charge in [-0.15, -0.1) is 0 Å². The van der Waals surface area contributed by atoms with Crippen LogP contribution in [0, 0.1) is 6.92 Å². The number of nitrogens with zero attached hydrogens (tertiary/aromatic N) is 1. The van der Waals surface area contributed by atoms with Gasteiger partial charge in [-0.25, -0.2) is 0 Å². The van der Waals surface area contributed by atoms with Gasteiger partial charge in [0.25, 0.3) is 11.7 Å². The van der Waals surface area contributed by atoms with E-state index in [4.69, 9.17) is 4.74 Å². The zero-order valence-electron chi connectivity index (χ0n) is 21.7. The van der Waals surface area contributed by atoms with E-state index in [1.54, 1.807) is 23.1 Å². The molecule has 0 aliphatic carbocycles. The molecule has 5 rings (SSSR count). The first-order chi connectivity index (χ1) is 18.5. The van der Waals surface area contributed by atoms with Crippen molar-refractivity contribution in [3.05, 3.63) is 119 Å². The predicted octanol–water partition coefficient (Wildman–Crippen LogP) is 6.95. The molecule has 5 nitrogen and oxygen atoms in total. The molecule has 0 spiro atoms. The van der Waals surface area contributed by atoms with Gasteiger partial charge in [-0.2, -0.15) is 0 Å². The van der Waals surface area contributed by atoms with Crippen molar-refractivity contribution >= 4 is 28.2 Å². The minimum Gasteiger partial charge on any atom is -0.507 e. The lowest BCUT2D eigenvalue weighted by molar-refractivity contribution is -0.139. The number of unbranched alkanes of at least 4 members (excludes halogenated alkanes) is 1. The van der Waals surface area contributed by atoms with Gasteiger partial charge in [0.15, 0.2) is 0 Å². The Hall–Kier alpha value is -4.38. The van der Waals surface area contributed by atoms with E-state index in [9.17, 15) is 14.7 Å². The number of ketones is 1. The number of rotatable bonds is 8. The normalized spacial score (nSPS) is 16.8. The van der Waals surface area contributed by atoms with Crippen molar-refractivity contribution in [1.82, 2.24) is 4.90 Å². The molecular weight excluding hydrogens is 474 g/mol. The van der Waals surface area contributed by atoms with Crippen molar-refractivity contribution in [3.63, 3.8) is 0 Å². The quantitative estimate of drug-likeness (QED) is 0.160. The number of hydrogen-bond acceptors (Lipinski definition) is 4. The van der Waals surface area contributed by atoms with Gasteiger partial charge in [0.05, 0.1) is 11.6 Å². The lowest BCUT2D eigenvalue weighted by Gasteiger charge is -2.26. The van der Waals surface area contributed by atoms with Gasteiger partial charge in [-0.05, 0) is 59.0 Å². The average Bonchev–Trinajstić information content (AvgIpc) is 3.20. The van der Waals surface area contributed by atoms with Crippen molar-refractivity contribution < 1.29 is 19.4 Å². The summed E-state index contributed by atoms with van der Waals surface area (Å²) < 4.78 is 5.99. The fourth-order valence-electron chi connectivity index (χ4n) is 5.10.